The highest BCUT2D eigenvalue weighted by Gasteiger charge is 2.44. The van der Waals surface area contributed by atoms with E-state index in [0.29, 0.717) is 6.54 Å². The number of amides is 1. The summed E-state index contributed by atoms with van der Waals surface area (Å²) >= 11 is 0. The van der Waals surface area contributed by atoms with Crippen LogP contribution in [0.1, 0.15) is 33.1 Å². The number of hydrogen-bond acceptors (Lipinski definition) is 8. The van der Waals surface area contributed by atoms with Gasteiger partial charge < -0.3 is 29.8 Å². The summed E-state index contributed by atoms with van der Waals surface area (Å²) < 4.78 is 11.0. The number of ketones is 1. The number of carbonyl (C=O) groups is 3. The Morgan fingerprint density at radius 1 is 1.42 bits per heavy atom. The van der Waals surface area contributed by atoms with Gasteiger partial charge in [0.2, 0.25) is 5.91 Å². The van der Waals surface area contributed by atoms with E-state index in [9.17, 15) is 24.6 Å². The zero-order valence-corrected chi connectivity index (χ0v) is 13.8. The first kappa shape index (κ1) is 18.8. The lowest BCUT2D eigenvalue weighted by Crippen LogP contribution is -2.60. The molecule has 2 heterocycles. The smallest absolute Gasteiger partial charge is 0.306 e. The van der Waals surface area contributed by atoms with Crippen LogP contribution in [0.2, 0.25) is 0 Å². The Labute approximate surface area is 139 Å². The summed E-state index contributed by atoms with van der Waals surface area (Å²) in [5, 5.41) is 21.9. The predicted octanol–water partition coefficient (Wildman–Crippen LogP) is -1.28. The van der Waals surface area contributed by atoms with Crippen molar-refractivity contribution >= 4 is 17.7 Å². The Balaban J connectivity index is 1.94. The van der Waals surface area contributed by atoms with Crippen LogP contribution in [-0.4, -0.2) is 70.7 Å². The maximum atomic E-state index is 11.8. The number of carbonyl (C=O) groups excluding carboxylic acids is 3. The van der Waals surface area contributed by atoms with E-state index in [2.05, 4.69) is 5.32 Å². The molecule has 0 aliphatic carbocycles. The van der Waals surface area contributed by atoms with Gasteiger partial charge in [0.05, 0.1) is 13.0 Å². The molecule has 2 aliphatic rings. The molecule has 0 radical (unpaired) electrons. The van der Waals surface area contributed by atoms with Crippen LogP contribution in [0.5, 0.6) is 0 Å². The van der Waals surface area contributed by atoms with E-state index in [-0.39, 0.29) is 43.5 Å². The molecular weight excluding hydrogens is 320 g/mol. The lowest BCUT2D eigenvalue weighted by Gasteiger charge is -2.38. The number of aliphatic hydroxyl groups is 2. The molecule has 0 spiro atoms. The molecule has 0 bridgehead atoms. The molecule has 5 atom stereocenters. The third kappa shape index (κ3) is 4.50. The first-order chi connectivity index (χ1) is 11.3. The Morgan fingerprint density at radius 2 is 2.12 bits per heavy atom. The van der Waals surface area contributed by atoms with Gasteiger partial charge in [-0.25, -0.2) is 4.90 Å². The van der Waals surface area contributed by atoms with Crippen LogP contribution in [0, 0.1) is 5.92 Å². The van der Waals surface area contributed by atoms with Crippen LogP contribution in [0.25, 0.3) is 0 Å². The fourth-order valence-corrected chi connectivity index (χ4v) is 2.83. The Morgan fingerprint density at radius 3 is 2.75 bits per heavy atom. The van der Waals surface area contributed by atoms with E-state index in [1.807, 2.05) is 0 Å². The molecule has 2 fully saturated rings. The Hall–Kier alpha value is -1.55. The van der Waals surface area contributed by atoms with Gasteiger partial charge in [0.25, 0.3) is 0 Å². The molecule has 0 aromatic carbocycles. The second kappa shape index (κ2) is 8.02. The number of nitrogens with one attached hydrogen (secondary N) is 1. The molecule has 2 rings (SSSR count). The molecule has 0 saturated carbocycles. The van der Waals surface area contributed by atoms with Crippen LogP contribution in [0.15, 0.2) is 0 Å². The van der Waals surface area contributed by atoms with Gasteiger partial charge in [0, 0.05) is 25.3 Å². The largest absolute Gasteiger partial charge is 0.459 e. The molecule has 1 amide bonds. The van der Waals surface area contributed by atoms with Crippen molar-refractivity contribution in [1.82, 2.24) is 10.2 Å². The molecule has 24 heavy (non-hydrogen) atoms. The predicted molar refractivity (Wildman–Crippen MR) is 80.2 cm³/mol. The SMILES string of the molecule is CC(=O)CCC(=O)OC1C[C@H](N2CC(C)C(=O)N[C@@H]2O)O[C@@H]1CO. The van der Waals surface area contributed by atoms with Gasteiger partial charge >= 0.3 is 5.97 Å². The lowest BCUT2D eigenvalue weighted by atomic mass is 10.1. The van der Waals surface area contributed by atoms with E-state index < -0.39 is 30.8 Å². The second-order valence-corrected chi connectivity index (χ2v) is 6.26. The number of rotatable bonds is 6. The van der Waals surface area contributed by atoms with Gasteiger partial charge in [-0.1, -0.05) is 6.92 Å². The molecule has 2 unspecified atom stereocenters. The number of nitrogens with zero attached hydrogens (tertiary/aromatic N) is 1. The van der Waals surface area contributed by atoms with Crippen molar-refractivity contribution in [2.24, 2.45) is 5.92 Å². The van der Waals surface area contributed by atoms with Gasteiger partial charge in [-0.15, -0.1) is 0 Å². The zero-order valence-electron chi connectivity index (χ0n) is 13.8. The van der Waals surface area contributed by atoms with E-state index in [4.69, 9.17) is 9.47 Å². The minimum Gasteiger partial charge on any atom is -0.459 e. The molecule has 9 nitrogen and oxygen atoms in total. The minimum atomic E-state index is -1.19. The third-order valence-corrected chi connectivity index (χ3v) is 4.21. The minimum absolute atomic E-state index is 0.0198. The van der Waals surface area contributed by atoms with E-state index in [1.54, 1.807) is 11.8 Å². The Bertz CT molecular complexity index is 498. The van der Waals surface area contributed by atoms with Crippen molar-refractivity contribution in [2.75, 3.05) is 13.2 Å². The second-order valence-electron chi connectivity index (χ2n) is 6.26. The lowest BCUT2D eigenvalue weighted by molar-refractivity contribution is -0.174. The quantitative estimate of drug-likeness (QED) is 0.509. The fraction of sp³-hybridized carbons (Fsp3) is 0.800. The average Bonchev–Trinajstić information content (AvgIpc) is 2.91. The number of esters is 1. The summed E-state index contributed by atoms with van der Waals surface area (Å²) in [6, 6.07) is 0. The summed E-state index contributed by atoms with van der Waals surface area (Å²) in [6.07, 6.45) is -2.81. The highest BCUT2D eigenvalue weighted by atomic mass is 16.6. The normalized spacial score (nSPS) is 34.0. The van der Waals surface area contributed by atoms with Crippen molar-refractivity contribution < 1.29 is 34.1 Å². The molecule has 9 heteroatoms. The highest BCUT2D eigenvalue weighted by Crippen LogP contribution is 2.28. The van der Waals surface area contributed by atoms with E-state index in [1.165, 1.54) is 6.92 Å². The van der Waals surface area contributed by atoms with E-state index in [0.717, 1.165) is 0 Å². The first-order valence-corrected chi connectivity index (χ1v) is 8.01. The maximum Gasteiger partial charge on any atom is 0.306 e. The molecule has 136 valence electrons. The van der Waals surface area contributed by atoms with Gasteiger partial charge in [-0.05, 0) is 6.92 Å². The number of ether oxygens (including phenoxy) is 2. The monoisotopic (exact) mass is 344 g/mol. The summed E-state index contributed by atoms with van der Waals surface area (Å²) in [6.45, 7) is 3.07. The fourth-order valence-electron chi connectivity index (χ4n) is 2.83. The maximum absolute atomic E-state index is 11.8. The standard InChI is InChI=1S/C15H24N2O7/c1-8-6-17(15(22)16-14(8)21)12-5-10(11(7-18)23-12)24-13(20)4-3-9(2)19/h8,10-12,15,18,22H,3-7H2,1-2H3,(H,16,21)/t8?,10?,11-,12-,15+/m1/s1. The topological polar surface area (TPSA) is 125 Å². The van der Waals surface area contributed by atoms with Crippen molar-refractivity contribution in [2.45, 2.75) is 57.9 Å². The van der Waals surface area contributed by atoms with E-state index >= 15 is 0 Å². The average molecular weight is 344 g/mol. The van der Waals surface area contributed by atoms with Crippen molar-refractivity contribution in [3.63, 3.8) is 0 Å². The van der Waals surface area contributed by atoms with Crippen LogP contribution < -0.4 is 5.32 Å². The number of hydrogen-bond donors (Lipinski definition) is 3. The van der Waals surface area contributed by atoms with Gasteiger partial charge in [0.1, 0.15) is 24.2 Å². The van der Waals surface area contributed by atoms with Crippen LogP contribution in [0.3, 0.4) is 0 Å². The third-order valence-electron chi connectivity index (χ3n) is 4.21. The molecule has 3 N–H and O–H groups in total. The molecule has 2 aliphatic heterocycles. The highest BCUT2D eigenvalue weighted by molar-refractivity contribution is 5.81. The summed E-state index contributed by atoms with van der Waals surface area (Å²) in [5.74, 6) is -1.20. The van der Waals surface area contributed by atoms with Crippen molar-refractivity contribution in [3.05, 3.63) is 0 Å². The molecule has 0 aromatic heterocycles. The van der Waals surface area contributed by atoms with Crippen molar-refractivity contribution in [3.8, 4) is 0 Å². The summed E-state index contributed by atoms with van der Waals surface area (Å²) in [7, 11) is 0. The van der Waals surface area contributed by atoms with Crippen molar-refractivity contribution in [1.29, 1.82) is 0 Å². The van der Waals surface area contributed by atoms with Crippen LogP contribution in [0.4, 0.5) is 0 Å². The molecule has 2 saturated heterocycles. The van der Waals surface area contributed by atoms with Gasteiger partial charge in [0.15, 0.2) is 6.35 Å². The first-order valence-electron chi connectivity index (χ1n) is 8.01. The molecule has 0 aromatic rings. The van der Waals surface area contributed by atoms with Gasteiger partial charge in [-0.2, -0.15) is 0 Å². The van der Waals surface area contributed by atoms with Gasteiger partial charge in [-0.3, -0.25) is 9.59 Å². The number of Topliss-reactive ketones (excluding diaryl/α,β-unsaturated/α-hetero) is 1. The number of aliphatic hydroxyl groups excluding tert-OH is 2. The summed E-state index contributed by atoms with van der Waals surface area (Å²) in [4.78, 5) is 35.8. The molecular formula is C15H24N2O7. The van der Waals surface area contributed by atoms with Crippen LogP contribution >= 0.6 is 0 Å². The Kier molecular flexibility index (Phi) is 6.27. The summed E-state index contributed by atoms with van der Waals surface area (Å²) in [5.41, 5.74) is 0. The van der Waals surface area contributed by atoms with Crippen LogP contribution in [-0.2, 0) is 23.9 Å². The zero-order chi connectivity index (χ0) is 17.9.